The van der Waals surface area contributed by atoms with Gasteiger partial charge in [0.1, 0.15) is 0 Å². The molecule has 0 fully saturated rings. The maximum atomic E-state index is 8.72. The molecule has 0 aliphatic carbocycles. The Morgan fingerprint density at radius 3 is 1.15 bits per heavy atom. The van der Waals surface area contributed by atoms with Crippen LogP contribution in [0.5, 0.6) is 0 Å². The first-order chi connectivity index (χ1) is 4.00. The van der Waals surface area contributed by atoms with E-state index in [1.807, 2.05) is 0 Å². The van der Waals surface area contributed by atoms with Gasteiger partial charge in [0.15, 0.2) is 0 Å². The van der Waals surface area contributed by atoms with Crippen LogP contribution >= 0.6 is 0 Å². The van der Waals surface area contributed by atoms with Crippen LogP contribution in [0.4, 0.5) is 0 Å². The monoisotopic (exact) mass is 488 g/mol. The molecule has 0 saturated carbocycles. The minimum absolute atomic E-state index is 0. The van der Waals surface area contributed by atoms with Crippen LogP contribution in [0.2, 0.25) is 0 Å². The van der Waals surface area contributed by atoms with Crippen molar-refractivity contribution < 1.29 is 39.0 Å². The van der Waals surface area contributed by atoms with E-state index in [9.17, 15) is 0 Å². The number of rotatable bonds is 0. The molecule has 13 heteroatoms. The maximum absolute atomic E-state index is 8.72. The van der Waals surface area contributed by atoms with E-state index in [0.29, 0.717) is 0 Å². The van der Waals surface area contributed by atoms with E-state index in [1.165, 1.54) is 0 Å². The van der Waals surface area contributed by atoms with Crippen molar-refractivity contribution in [3.05, 3.63) is 0 Å². The molecule has 0 saturated heterocycles. The van der Waals surface area contributed by atoms with Crippen molar-refractivity contribution in [2.24, 2.45) is 0 Å². The van der Waals surface area contributed by atoms with Crippen molar-refractivity contribution in [2.75, 3.05) is 0 Å². The van der Waals surface area contributed by atoms with Gasteiger partial charge >= 0.3 is 75.2 Å². The zero-order chi connectivity index (χ0) is 9.00. The summed E-state index contributed by atoms with van der Waals surface area (Å²) in [4.78, 5) is 0. The van der Waals surface area contributed by atoms with Crippen LogP contribution in [0.1, 0.15) is 0 Å². The Kier molecular flexibility index (Phi) is 26.1. The summed E-state index contributed by atoms with van der Waals surface area (Å²) in [5, 5.41) is 0. The average molecular weight is 487 g/mol. The third-order valence-electron chi connectivity index (χ3n) is 0. The summed E-state index contributed by atoms with van der Waals surface area (Å²) in [7, 11) is -5.17. The van der Waals surface area contributed by atoms with Crippen LogP contribution in [0.3, 0.4) is 0 Å². The van der Waals surface area contributed by atoms with E-state index in [-0.39, 0.29) is 50.1 Å². The van der Waals surface area contributed by atoms with E-state index in [2.05, 4.69) is 0 Å². The molecule has 0 unspecified atom stereocenters. The topological polar surface area (TPSA) is 194 Å². The fraction of sp³-hybridized carbons (Fsp3) is 0. The van der Waals surface area contributed by atoms with Crippen LogP contribution in [0.25, 0.3) is 0 Å². The van der Waals surface area contributed by atoms with Crippen molar-refractivity contribution in [3.8, 4) is 0 Å². The standard InChI is InChI=1S/Al.AsH3O4.H2O4S.H2O.Pb/c;2-1(3,4)5;1-5(2,3)4;;/h;(H3,2,3,4,5);(H2,1,2,3,4);1H2;/q+3;;;;+2/p-5. The summed E-state index contributed by atoms with van der Waals surface area (Å²) in [6, 6.07) is 0. The van der Waals surface area contributed by atoms with E-state index in [1.54, 1.807) is 0 Å². The Labute approximate surface area is 108 Å². The van der Waals surface area contributed by atoms with E-state index in [0.717, 1.165) is 0 Å². The largest absolute Gasteiger partial charge is 3.00 e. The van der Waals surface area contributed by atoms with Gasteiger partial charge in [-0.3, -0.25) is 8.42 Å². The summed E-state index contributed by atoms with van der Waals surface area (Å²) in [5.74, 6) is 0. The van der Waals surface area contributed by atoms with E-state index >= 15 is 0 Å². The fourth-order valence-electron chi connectivity index (χ4n) is 0. The zero-order valence-corrected chi connectivity index (χ0v) is 13.4. The first-order valence-electron chi connectivity index (χ1n) is 1.41. The fourth-order valence-corrected chi connectivity index (χ4v) is 0. The van der Waals surface area contributed by atoms with Crippen molar-refractivity contribution in [3.63, 3.8) is 0 Å². The van der Waals surface area contributed by atoms with Gasteiger partial charge in [-0.2, -0.15) is 0 Å². The van der Waals surface area contributed by atoms with Gasteiger partial charge in [-0.05, 0) is 0 Å². The summed E-state index contributed by atoms with van der Waals surface area (Å²) in [5.41, 5.74) is 0. The zero-order valence-electron chi connectivity index (χ0n) is 5.68. The number of hydrogen-bond donors (Lipinski definition) is 1. The second-order valence-electron chi connectivity index (χ2n) is 0.877. The second-order valence-corrected chi connectivity index (χ2v) is 3.66. The van der Waals surface area contributed by atoms with Crippen LogP contribution in [0, 0.1) is 0 Å². The summed E-state index contributed by atoms with van der Waals surface area (Å²) in [6.07, 6.45) is 0. The predicted molar refractivity (Wildman–Crippen MR) is 32.6 cm³/mol. The van der Waals surface area contributed by atoms with Crippen LogP contribution in [-0.4, -0.2) is 86.3 Å². The molecule has 0 heterocycles. The molecule has 2 N–H and O–H groups in total. The van der Waals surface area contributed by atoms with Crippen LogP contribution < -0.4 is 8.19 Å². The molecular formula is H2AlAsO9PbS. The van der Waals surface area contributed by atoms with E-state index < -0.39 is 24.9 Å². The maximum Gasteiger partial charge on any atom is 3.00 e. The molecule has 2 radical (unpaired) electrons. The molecule has 0 aliphatic rings. The Bertz CT molecular complexity index is 198. The SMILES string of the molecule is O=S(=O)([O-])[O-].O=[As]([O-])([O-])O.[Al+3].[OH-].[Pb+2]. The number of hydrogen-bond acceptors (Lipinski definition) is 8. The Morgan fingerprint density at radius 1 is 1.15 bits per heavy atom. The van der Waals surface area contributed by atoms with Gasteiger partial charge in [-0.1, -0.05) is 0 Å². The normalized spacial score (nSPS) is 9.00. The molecule has 0 atom stereocenters. The van der Waals surface area contributed by atoms with Gasteiger partial charge in [0, 0.05) is 10.4 Å². The molecule has 0 aromatic rings. The van der Waals surface area contributed by atoms with E-state index in [4.69, 9.17) is 33.5 Å². The van der Waals surface area contributed by atoms with Gasteiger partial charge in [-0.15, -0.1) is 0 Å². The van der Waals surface area contributed by atoms with Gasteiger partial charge in [0.2, 0.25) is 0 Å². The molecule has 0 aromatic carbocycles. The predicted octanol–water partition coefficient (Wildman–Crippen LogP) is -5.71. The molecule has 0 aromatic heterocycles. The summed E-state index contributed by atoms with van der Waals surface area (Å²) < 4.78 is 67.3. The Balaban J connectivity index is -0.0000000267. The quantitative estimate of drug-likeness (QED) is 0.197. The molecule has 0 bridgehead atoms. The van der Waals surface area contributed by atoms with Gasteiger partial charge < -0.3 is 14.6 Å². The minimum atomic E-state index is -5.62. The average Bonchev–Trinajstić information content (AvgIpc) is 1.12. The minimum Gasteiger partial charge on any atom is -0.870 e. The van der Waals surface area contributed by atoms with Crippen molar-refractivity contribution in [2.45, 2.75) is 0 Å². The molecule has 0 aliphatic heterocycles. The van der Waals surface area contributed by atoms with Gasteiger partial charge in [0.25, 0.3) is 0 Å². The molecular weight excluding hydrogens is 485 g/mol. The summed E-state index contributed by atoms with van der Waals surface area (Å²) >= 11 is -5.62. The van der Waals surface area contributed by atoms with Crippen LogP contribution in [-0.2, 0) is 14.1 Å². The van der Waals surface area contributed by atoms with Crippen molar-refractivity contribution >= 4 is 69.6 Å². The third kappa shape index (κ3) is 774. The summed E-state index contributed by atoms with van der Waals surface area (Å²) in [6.45, 7) is 0. The first-order valence-corrected chi connectivity index (χ1v) is 5.89. The third-order valence-corrected chi connectivity index (χ3v) is 0. The Morgan fingerprint density at radius 2 is 1.15 bits per heavy atom. The van der Waals surface area contributed by atoms with Gasteiger partial charge in [-0.25, -0.2) is 0 Å². The smallest absolute Gasteiger partial charge is 0.870 e. The van der Waals surface area contributed by atoms with Crippen molar-refractivity contribution in [1.82, 2.24) is 0 Å². The van der Waals surface area contributed by atoms with Gasteiger partial charge in [0.05, 0.1) is 0 Å². The molecule has 13 heavy (non-hydrogen) atoms. The second kappa shape index (κ2) is 11.6. The van der Waals surface area contributed by atoms with Crippen LogP contribution in [0.15, 0.2) is 0 Å². The first kappa shape index (κ1) is 29.3. The molecule has 0 amide bonds. The Hall–Kier alpha value is 1.52. The molecule has 0 rings (SSSR count). The van der Waals surface area contributed by atoms with Crippen molar-refractivity contribution in [1.29, 1.82) is 0 Å². The molecule has 74 valence electrons. The molecule has 9 nitrogen and oxygen atoms in total. The molecule has 0 spiro atoms.